The first-order chi connectivity index (χ1) is 15.0. The zero-order valence-electron chi connectivity index (χ0n) is 19.0. The Hall–Kier alpha value is -2.88. The molecule has 0 bridgehead atoms. The standard InChI is InChI=1S/C22H31F3N6O/c1-14(2)31(15(3)4)13-17-7-6-8-18(11-17)29-21-28-12-19(22(23,24)25)20(30-21)27-10-9-26-16(5)32/h6-8,11-12,14-15H,9-10,13H2,1-5H3,(H,26,32)(H2,27,28,29,30). The highest BCUT2D eigenvalue weighted by Crippen LogP contribution is 2.34. The maximum absolute atomic E-state index is 13.3. The SMILES string of the molecule is CC(=O)NCCNc1nc(Nc2cccc(CN(C(C)C)C(C)C)c2)ncc1C(F)(F)F. The van der Waals surface area contributed by atoms with Gasteiger partial charge in [-0.05, 0) is 45.4 Å². The summed E-state index contributed by atoms with van der Waals surface area (Å²) in [5.41, 5.74) is 0.779. The third kappa shape index (κ3) is 7.67. The van der Waals surface area contributed by atoms with Gasteiger partial charge in [0.15, 0.2) is 0 Å². The van der Waals surface area contributed by atoms with E-state index in [2.05, 4.69) is 58.5 Å². The fourth-order valence-corrected chi connectivity index (χ4v) is 3.25. The van der Waals surface area contributed by atoms with Crippen molar-refractivity contribution in [1.82, 2.24) is 20.2 Å². The number of carbonyl (C=O) groups excluding carboxylic acids is 1. The number of halogens is 3. The van der Waals surface area contributed by atoms with Crippen molar-refractivity contribution in [3.05, 3.63) is 41.6 Å². The fraction of sp³-hybridized carbons (Fsp3) is 0.500. The summed E-state index contributed by atoms with van der Waals surface area (Å²) in [6.07, 6.45) is -3.86. The molecule has 1 heterocycles. The fourth-order valence-electron chi connectivity index (χ4n) is 3.25. The largest absolute Gasteiger partial charge is 0.421 e. The molecule has 32 heavy (non-hydrogen) atoms. The quantitative estimate of drug-likeness (QED) is 0.464. The van der Waals surface area contributed by atoms with Crippen molar-refractivity contribution >= 4 is 23.4 Å². The van der Waals surface area contributed by atoms with Crippen LogP contribution in [0, 0.1) is 0 Å². The number of alkyl halides is 3. The summed E-state index contributed by atoms with van der Waals surface area (Å²) in [5.74, 6) is -0.565. The van der Waals surface area contributed by atoms with Gasteiger partial charge in [0.1, 0.15) is 11.4 Å². The van der Waals surface area contributed by atoms with Crippen molar-refractivity contribution in [2.45, 2.75) is 59.4 Å². The van der Waals surface area contributed by atoms with Gasteiger partial charge in [-0.15, -0.1) is 0 Å². The maximum Gasteiger partial charge on any atom is 0.421 e. The Bertz CT molecular complexity index is 893. The van der Waals surface area contributed by atoms with Crippen molar-refractivity contribution in [3.8, 4) is 0 Å². The Morgan fingerprint density at radius 2 is 1.81 bits per heavy atom. The van der Waals surface area contributed by atoms with Crippen LogP contribution < -0.4 is 16.0 Å². The van der Waals surface area contributed by atoms with Crippen molar-refractivity contribution in [3.63, 3.8) is 0 Å². The summed E-state index contributed by atoms with van der Waals surface area (Å²) in [5, 5.41) is 8.14. The van der Waals surface area contributed by atoms with Crippen LogP contribution in [-0.2, 0) is 17.5 Å². The number of benzene rings is 1. The van der Waals surface area contributed by atoms with Crippen LogP contribution in [0.3, 0.4) is 0 Å². The average Bonchev–Trinajstić information content (AvgIpc) is 2.68. The van der Waals surface area contributed by atoms with Crippen LogP contribution in [0.4, 0.5) is 30.6 Å². The minimum Gasteiger partial charge on any atom is -0.368 e. The zero-order valence-corrected chi connectivity index (χ0v) is 19.0. The molecule has 10 heteroatoms. The Labute approximate surface area is 186 Å². The number of nitrogens with zero attached hydrogens (tertiary/aromatic N) is 3. The summed E-state index contributed by atoms with van der Waals surface area (Å²) in [7, 11) is 0. The number of rotatable bonds is 10. The highest BCUT2D eigenvalue weighted by Gasteiger charge is 2.35. The summed E-state index contributed by atoms with van der Waals surface area (Å²) < 4.78 is 40.0. The van der Waals surface area contributed by atoms with Crippen LogP contribution in [0.1, 0.15) is 45.7 Å². The first kappa shape index (κ1) is 25.4. The van der Waals surface area contributed by atoms with E-state index in [1.54, 1.807) is 0 Å². The Morgan fingerprint density at radius 1 is 1.12 bits per heavy atom. The lowest BCUT2D eigenvalue weighted by Gasteiger charge is -2.30. The normalized spacial score (nSPS) is 11.8. The van der Waals surface area contributed by atoms with E-state index in [4.69, 9.17) is 0 Å². The van der Waals surface area contributed by atoms with E-state index >= 15 is 0 Å². The van der Waals surface area contributed by atoms with E-state index in [-0.39, 0.29) is 30.8 Å². The molecule has 0 unspecified atom stereocenters. The smallest absolute Gasteiger partial charge is 0.368 e. The van der Waals surface area contributed by atoms with E-state index in [9.17, 15) is 18.0 Å². The van der Waals surface area contributed by atoms with E-state index in [1.165, 1.54) is 6.92 Å². The monoisotopic (exact) mass is 452 g/mol. The van der Waals surface area contributed by atoms with Crippen LogP contribution in [0.25, 0.3) is 0 Å². The van der Waals surface area contributed by atoms with Gasteiger partial charge in [-0.2, -0.15) is 18.2 Å². The second kappa shape index (κ2) is 11.1. The molecule has 0 aliphatic heterocycles. The van der Waals surface area contributed by atoms with Crippen molar-refractivity contribution in [2.75, 3.05) is 23.7 Å². The Kier molecular flexibility index (Phi) is 8.82. The van der Waals surface area contributed by atoms with Gasteiger partial charge in [0.05, 0.1) is 0 Å². The van der Waals surface area contributed by atoms with Crippen molar-refractivity contribution in [2.24, 2.45) is 0 Å². The van der Waals surface area contributed by atoms with Crippen LogP contribution >= 0.6 is 0 Å². The zero-order chi connectivity index (χ0) is 23.9. The second-order valence-corrected chi connectivity index (χ2v) is 8.05. The third-order valence-electron chi connectivity index (χ3n) is 4.76. The molecule has 1 amide bonds. The molecular formula is C22H31F3N6O. The number of amides is 1. The topological polar surface area (TPSA) is 82.2 Å². The predicted octanol–water partition coefficient (Wildman–Crippen LogP) is 4.41. The number of nitrogens with one attached hydrogen (secondary N) is 3. The number of hydrogen-bond donors (Lipinski definition) is 3. The molecular weight excluding hydrogens is 421 g/mol. The first-order valence-corrected chi connectivity index (χ1v) is 10.5. The number of hydrogen-bond acceptors (Lipinski definition) is 6. The molecule has 2 rings (SSSR count). The summed E-state index contributed by atoms with van der Waals surface area (Å²) >= 11 is 0. The average molecular weight is 453 g/mol. The molecule has 1 aromatic heterocycles. The Balaban J connectivity index is 2.19. The highest BCUT2D eigenvalue weighted by molar-refractivity contribution is 5.72. The highest BCUT2D eigenvalue weighted by atomic mass is 19.4. The summed E-state index contributed by atoms with van der Waals surface area (Å²) in [6, 6.07) is 8.37. The molecule has 0 aliphatic carbocycles. The second-order valence-electron chi connectivity index (χ2n) is 8.05. The Morgan fingerprint density at radius 3 is 2.41 bits per heavy atom. The molecule has 3 N–H and O–H groups in total. The predicted molar refractivity (Wildman–Crippen MR) is 120 cm³/mol. The molecule has 2 aromatic rings. The summed E-state index contributed by atoms with van der Waals surface area (Å²) in [6.45, 7) is 10.9. The van der Waals surface area contributed by atoms with Gasteiger partial charge in [-0.25, -0.2) is 4.98 Å². The minimum absolute atomic E-state index is 0.0433. The van der Waals surface area contributed by atoms with Crippen molar-refractivity contribution in [1.29, 1.82) is 0 Å². The van der Waals surface area contributed by atoms with E-state index in [0.717, 1.165) is 18.3 Å². The van der Waals surface area contributed by atoms with E-state index in [0.29, 0.717) is 17.8 Å². The van der Waals surface area contributed by atoms with Gasteiger partial charge in [0.2, 0.25) is 11.9 Å². The van der Waals surface area contributed by atoms with E-state index in [1.807, 2.05) is 24.3 Å². The lowest BCUT2D eigenvalue weighted by molar-refractivity contribution is -0.137. The van der Waals surface area contributed by atoms with Gasteiger partial charge >= 0.3 is 6.18 Å². The van der Waals surface area contributed by atoms with E-state index < -0.39 is 11.7 Å². The molecule has 7 nitrogen and oxygen atoms in total. The molecule has 1 aromatic carbocycles. The van der Waals surface area contributed by atoms with Gasteiger partial charge in [0.25, 0.3) is 0 Å². The molecule has 0 atom stereocenters. The number of aromatic nitrogens is 2. The number of anilines is 3. The van der Waals surface area contributed by atoms with Gasteiger partial charge < -0.3 is 16.0 Å². The van der Waals surface area contributed by atoms with Crippen LogP contribution in [0.5, 0.6) is 0 Å². The molecule has 176 valence electrons. The third-order valence-corrected chi connectivity index (χ3v) is 4.76. The van der Waals surface area contributed by atoms with Gasteiger partial charge in [0, 0.05) is 50.5 Å². The molecule has 0 saturated heterocycles. The lowest BCUT2D eigenvalue weighted by atomic mass is 10.1. The van der Waals surface area contributed by atoms with Crippen molar-refractivity contribution < 1.29 is 18.0 Å². The molecule has 0 fully saturated rings. The minimum atomic E-state index is -4.61. The lowest BCUT2D eigenvalue weighted by Crippen LogP contribution is -2.36. The molecule has 0 aliphatic rings. The number of carbonyl (C=O) groups is 1. The van der Waals surface area contributed by atoms with Gasteiger partial charge in [-0.1, -0.05) is 12.1 Å². The van der Waals surface area contributed by atoms with Crippen LogP contribution in [-0.4, -0.2) is 45.9 Å². The van der Waals surface area contributed by atoms with Crippen LogP contribution in [0.15, 0.2) is 30.5 Å². The first-order valence-electron chi connectivity index (χ1n) is 10.5. The summed E-state index contributed by atoms with van der Waals surface area (Å²) in [4.78, 5) is 21.2. The van der Waals surface area contributed by atoms with Crippen LogP contribution in [0.2, 0.25) is 0 Å². The molecule has 0 saturated carbocycles. The van der Waals surface area contributed by atoms with Gasteiger partial charge in [-0.3, -0.25) is 9.69 Å². The maximum atomic E-state index is 13.3. The molecule has 0 spiro atoms. The molecule has 0 radical (unpaired) electrons.